The molecule has 1 aliphatic rings. The van der Waals surface area contributed by atoms with Crippen molar-refractivity contribution < 1.29 is 9.53 Å². The number of esters is 1. The van der Waals surface area contributed by atoms with Crippen molar-refractivity contribution in [1.82, 2.24) is 5.32 Å². The molecule has 1 aliphatic heterocycles. The molecule has 1 atom stereocenters. The predicted octanol–water partition coefficient (Wildman–Crippen LogP) is 0.0350. The van der Waals surface area contributed by atoms with Crippen LogP contribution in [0.4, 0.5) is 0 Å². The first-order chi connectivity index (χ1) is 4.34. The van der Waals surface area contributed by atoms with E-state index in [9.17, 15) is 4.79 Å². The average Bonchev–Trinajstić information content (AvgIpc) is 2.37. The molecule has 0 aliphatic carbocycles. The molecule has 9 heavy (non-hydrogen) atoms. The first-order valence-electron chi connectivity index (χ1n) is 2.83. The number of rotatable bonds is 1. The molecule has 0 bridgehead atoms. The smallest absolute Gasteiger partial charge is 0.328 e. The fourth-order valence-corrected chi connectivity index (χ4v) is 0.763. The fourth-order valence-electron chi connectivity index (χ4n) is 0.763. The quantitative estimate of drug-likeness (QED) is 0.505. The maximum atomic E-state index is 10.7. The summed E-state index contributed by atoms with van der Waals surface area (Å²) in [6.45, 7) is 0. The van der Waals surface area contributed by atoms with Crippen LogP contribution < -0.4 is 5.32 Å². The van der Waals surface area contributed by atoms with E-state index in [0.717, 1.165) is 6.42 Å². The third-order valence-corrected chi connectivity index (χ3v) is 1.27. The van der Waals surface area contributed by atoms with Crippen molar-refractivity contribution in [1.29, 1.82) is 0 Å². The summed E-state index contributed by atoms with van der Waals surface area (Å²) in [5, 5.41) is 2.85. The molecular formula is C6H9NO2. The average molecular weight is 127 g/mol. The molecular weight excluding hydrogens is 118 g/mol. The molecule has 0 saturated carbocycles. The van der Waals surface area contributed by atoms with Gasteiger partial charge in [-0.05, 0) is 12.6 Å². The third-order valence-electron chi connectivity index (χ3n) is 1.27. The molecule has 0 aromatic rings. The Morgan fingerprint density at radius 1 is 1.89 bits per heavy atom. The van der Waals surface area contributed by atoms with Gasteiger partial charge in [0.05, 0.1) is 7.11 Å². The van der Waals surface area contributed by atoms with Crippen molar-refractivity contribution in [2.75, 3.05) is 7.11 Å². The van der Waals surface area contributed by atoms with Gasteiger partial charge < -0.3 is 10.1 Å². The second-order valence-electron chi connectivity index (χ2n) is 1.88. The summed E-state index contributed by atoms with van der Waals surface area (Å²) in [5.74, 6) is -0.194. The SMILES string of the molecule is COC(=O)C1CC=CN1. The lowest BCUT2D eigenvalue weighted by Crippen LogP contribution is -2.30. The summed E-state index contributed by atoms with van der Waals surface area (Å²) in [4.78, 5) is 10.7. The van der Waals surface area contributed by atoms with Crippen molar-refractivity contribution in [3.05, 3.63) is 12.3 Å². The summed E-state index contributed by atoms with van der Waals surface area (Å²) in [6, 6.07) is -0.144. The number of nitrogens with one attached hydrogen (secondary N) is 1. The monoisotopic (exact) mass is 127 g/mol. The zero-order valence-corrected chi connectivity index (χ0v) is 5.26. The Hall–Kier alpha value is -0.990. The van der Waals surface area contributed by atoms with E-state index in [1.54, 1.807) is 6.20 Å². The van der Waals surface area contributed by atoms with Crippen LogP contribution in [0.15, 0.2) is 12.3 Å². The highest BCUT2D eigenvalue weighted by Crippen LogP contribution is 2.01. The van der Waals surface area contributed by atoms with Crippen molar-refractivity contribution in [3.8, 4) is 0 Å². The molecule has 1 rings (SSSR count). The van der Waals surface area contributed by atoms with Gasteiger partial charge in [0.15, 0.2) is 0 Å². The van der Waals surface area contributed by atoms with E-state index in [1.807, 2.05) is 6.08 Å². The van der Waals surface area contributed by atoms with Crippen LogP contribution in [0.5, 0.6) is 0 Å². The van der Waals surface area contributed by atoms with Crippen molar-refractivity contribution in [2.24, 2.45) is 0 Å². The van der Waals surface area contributed by atoms with E-state index >= 15 is 0 Å². The van der Waals surface area contributed by atoms with E-state index in [-0.39, 0.29) is 12.0 Å². The van der Waals surface area contributed by atoms with Crippen LogP contribution in [-0.2, 0) is 9.53 Å². The van der Waals surface area contributed by atoms with Crippen molar-refractivity contribution in [3.63, 3.8) is 0 Å². The molecule has 0 saturated heterocycles. The number of methoxy groups -OCH3 is 1. The molecule has 0 spiro atoms. The Bertz CT molecular complexity index is 134. The lowest BCUT2D eigenvalue weighted by Gasteiger charge is -2.06. The second-order valence-corrected chi connectivity index (χ2v) is 1.88. The first kappa shape index (κ1) is 6.13. The summed E-state index contributed by atoms with van der Waals surface area (Å²) >= 11 is 0. The minimum absolute atomic E-state index is 0.144. The molecule has 1 heterocycles. The van der Waals surface area contributed by atoms with Crippen molar-refractivity contribution >= 4 is 5.97 Å². The molecule has 0 aromatic carbocycles. The molecule has 1 N–H and O–H groups in total. The van der Waals surface area contributed by atoms with Crippen LogP contribution in [0.1, 0.15) is 6.42 Å². The minimum Gasteiger partial charge on any atom is -0.467 e. The maximum absolute atomic E-state index is 10.7. The van der Waals surface area contributed by atoms with Gasteiger partial charge in [-0.3, -0.25) is 0 Å². The highest BCUT2D eigenvalue weighted by atomic mass is 16.5. The summed E-state index contributed by atoms with van der Waals surface area (Å²) in [6.07, 6.45) is 4.41. The standard InChI is InChI=1S/C6H9NO2/c1-9-6(8)5-3-2-4-7-5/h2,4-5,7H,3H2,1H3. The minimum atomic E-state index is -0.194. The zero-order chi connectivity index (χ0) is 6.69. The number of hydrogen-bond acceptors (Lipinski definition) is 3. The first-order valence-corrected chi connectivity index (χ1v) is 2.83. The summed E-state index contributed by atoms with van der Waals surface area (Å²) in [5.41, 5.74) is 0. The van der Waals surface area contributed by atoms with Crippen LogP contribution >= 0.6 is 0 Å². The molecule has 0 fully saturated rings. The fraction of sp³-hybridized carbons (Fsp3) is 0.500. The van der Waals surface area contributed by atoms with Gasteiger partial charge in [0, 0.05) is 0 Å². The van der Waals surface area contributed by atoms with E-state index in [2.05, 4.69) is 10.1 Å². The van der Waals surface area contributed by atoms with Crippen LogP contribution in [0.2, 0.25) is 0 Å². The Morgan fingerprint density at radius 3 is 3.11 bits per heavy atom. The third kappa shape index (κ3) is 1.22. The lowest BCUT2D eigenvalue weighted by molar-refractivity contribution is -0.142. The Kier molecular flexibility index (Phi) is 1.72. The van der Waals surface area contributed by atoms with E-state index in [4.69, 9.17) is 0 Å². The van der Waals surface area contributed by atoms with Gasteiger partial charge in [-0.15, -0.1) is 0 Å². The van der Waals surface area contributed by atoms with Crippen LogP contribution in [0.3, 0.4) is 0 Å². The topological polar surface area (TPSA) is 38.3 Å². The van der Waals surface area contributed by atoms with Crippen LogP contribution in [-0.4, -0.2) is 19.1 Å². The Morgan fingerprint density at radius 2 is 2.67 bits per heavy atom. The second kappa shape index (κ2) is 2.53. The highest BCUT2D eigenvalue weighted by Gasteiger charge is 2.18. The summed E-state index contributed by atoms with van der Waals surface area (Å²) < 4.78 is 4.49. The zero-order valence-electron chi connectivity index (χ0n) is 5.26. The molecule has 0 aromatic heterocycles. The molecule has 0 amide bonds. The van der Waals surface area contributed by atoms with E-state index < -0.39 is 0 Å². The van der Waals surface area contributed by atoms with Gasteiger partial charge in [0.2, 0.25) is 0 Å². The lowest BCUT2D eigenvalue weighted by atomic mass is 10.2. The van der Waals surface area contributed by atoms with Gasteiger partial charge in [-0.2, -0.15) is 0 Å². The Labute approximate surface area is 53.7 Å². The Balaban J connectivity index is 2.36. The van der Waals surface area contributed by atoms with Gasteiger partial charge in [0.25, 0.3) is 0 Å². The van der Waals surface area contributed by atoms with Gasteiger partial charge in [-0.25, -0.2) is 4.79 Å². The largest absolute Gasteiger partial charge is 0.467 e. The normalized spacial score (nSPS) is 23.4. The van der Waals surface area contributed by atoms with Gasteiger partial charge >= 0.3 is 5.97 Å². The van der Waals surface area contributed by atoms with Crippen molar-refractivity contribution in [2.45, 2.75) is 12.5 Å². The van der Waals surface area contributed by atoms with E-state index in [0.29, 0.717) is 0 Å². The van der Waals surface area contributed by atoms with E-state index in [1.165, 1.54) is 7.11 Å². The molecule has 1 unspecified atom stereocenters. The van der Waals surface area contributed by atoms with Crippen LogP contribution in [0.25, 0.3) is 0 Å². The molecule has 50 valence electrons. The van der Waals surface area contributed by atoms with Crippen LogP contribution in [0, 0.1) is 0 Å². The van der Waals surface area contributed by atoms with Gasteiger partial charge in [-0.1, -0.05) is 6.08 Å². The maximum Gasteiger partial charge on any atom is 0.328 e. The summed E-state index contributed by atoms with van der Waals surface area (Å²) in [7, 11) is 1.39. The molecule has 0 radical (unpaired) electrons. The number of carbonyl (C=O) groups is 1. The molecule has 3 heteroatoms. The number of ether oxygens (including phenoxy) is 1. The number of carbonyl (C=O) groups excluding carboxylic acids is 1. The number of hydrogen-bond donors (Lipinski definition) is 1. The molecule has 3 nitrogen and oxygen atoms in total. The highest BCUT2D eigenvalue weighted by molar-refractivity contribution is 5.76. The van der Waals surface area contributed by atoms with Gasteiger partial charge in [0.1, 0.15) is 6.04 Å². The predicted molar refractivity (Wildman–Crippen MR) is 32.7 cm³/mol.